The molecule has 0 atom stereocenters. The van der Waals surface area contributed by atoms with Crippen molar-refractivity contribution < 1.29 is 14.3 Å². The maximum Gasteiger partial charge on any atom is 0.339 e. The van der Waals surface area contributed by atoms with Crippen molar-refractivity contribution in [3.8, 4) is 10.4 Å². The van der Waals surface area contributed by atoms with Crippen molar-refractivity contribution in [1.29, 1.82) is 0 Å². The van der Waals surface area contributed by atoms with Crippen LogP contribution in [0.2, 0.25) is 0 Å². The van der Waals surface area contributed by atoms with Crippen LogP contribution in [0, 0.1) is 12.7 Å². The first kappa shape index (κ1) is 12.7. The summed E-state index contributed by atoms with van der Waals surface area (Å²) in [5.41, 5.74) is 1.72. The molecule has 0 spiro atoms. The Hall–Kier alpha value is -1.75. The molecule has 0 amide bonds. The minimum atomic E-state index is -1.06. The molecule has 2 aromatic rings. The third kappa shape index (κ3) is 2.13. The second-order valence-corrected chi connectivity index (χ2v) is 4.75. The quantitative estimate of drug-likeness (QED) is 0.923. The molecule has 3 nitrogen and oxygen atoms in total. The van der Waals surface area contributed by atoms with Crippen LogP contribution in [0.3, 0.4) is 0 Å². The van der Waals surface area contributed by atoms with E-state index in [4.69, 9.17) is 0 Å². The predicted molar refractivity (Wildman–Crippen MR) is 68.6 cm³/mol. The second kappa shape index (κ2) is 4.86. The van der Waals surface area contributed by atoms with Crippen molar-refractivity contribution in [3.63, 3.8) is 0 Å². The zero-order valence-electron chi connectivity index (χ0n) is 10.0. The van der Waals surface area contributed by atoms with E-state index in [0.717, 1.165) is 17.1 Å². The maximum absolute atomic E-state index is 13.9. The van der Waals surface area contributed by atoms with Gasteiger partial charge in [-0.2, -0.15) is 4.37 Å². The number of halogens is 1. The number of carbonyl (C=O) groups is 1. The summed E-state index contributed by atoms with van der Waals surface area (Å²) in [5, 5.41) is 9.22. The van der Waals surface area contributed by atoms with E-state index in [1.54, 1.807) is 19.1 Å². The van der Waals surface area contributed by atoms with Gasteiger partial charge >= 0.3 is 5.97 Å². The van der Waals surface area contributed by atoms with E-state index < -0.39 is 11.8 Å². The van der Waals surface area contributed by atoms with Gasteiger partial charge in [-0.1, -0.05) is 19.1 Å². The molecule has 0 saturated heterocycles. The highest BCUT2D eigenvalue weighted by molar-refractivity contribution is 7.10. The van der Waals surface area contributed by atoms with E-state index in [2.05, 4.69) is 4.37 Å². The number of nitrogens with zero attached hydrogens (tertiary/aromatic N) is 1. The van der Waals surface area contributed by atoms with Crippen molar-refractivity contribution in [1.82, 2.24) is 4.37 Å². The number of aryl methyl sites for hydroxylation is 2. The van der Waals surface area contributed by atoms with Gasteiger partial charge in [0, 0.05) is 5.56 Å². The fourth-order valence-electron chi connectivity index (χ4n) is 1.77. The van der Waals surface area contributed by atoms with E-state index in [1.165, 1.54) is 6.07 Å². The Kier molecular flexibility index (Phi) is 3.43. The Morgan fingerprint density at radius 2 is 2.22 bits per heavy atom. The molecule has 0 saturated carbocycles. The van der Waals surface area contributed by atoms with Crippen LogP contribution in [0.5, 0.6) is 0 Å². The second-order valence-electron chi connectivity index (χ2n) is 3.98. The highest BCUT2D eigenvalue weighted by Gasteiger charge is 2.22. The molecule has 0 aliphatic rings. The lowest BCUT2D eigenvalue weighted by Gasteiger charge is -2.03. The van der Waals surface area contributed by atoms with Gasteiger partial charge in [-0.05, 0) is 36.5 Å². The van der Waals surface area contributed by atoms with Crippen LogP contribution in [-0.2, 0) is 6.42 Å². The maximum atomic E-state index is 13.9. The van der Waals surface area contributed by atoms with Crippen LogP contribution in [0.25, 0.3) is 10.4 Å². The molecule has 1 N–H and O–H groups in total. The number of aromatic nitrogens is 1. The van der Waals surface area contributed by atoms with E-state index in [-0.39, 0.29) is 5.56 Å². The molecule has 94 valence electrons. The first-order chi connectivity index (χ1) is 8.54. The molecule has 5 heteroatoms. The standard InChI is InChI=1S/C13H12FNO2S/c1-3-10-11(13(16)17)12(18-15-10)8-5-4-7(2)6-9(8)14/h4-6H,3H2,1-2H3,(H,16,17). The monoisotopic (exact) mass is 265 g/mol. The van der Waals surface area contributed by atoms with Crippen LogP contribution >= 0.6 is 11.5 Å². The minimum Gasteiger partial charge on any atom is -0.478 e. The SMILES string of the molecule is CCc1nsc(-c2ccc(C)cc2F)c1C(=O)O. The molecule has 1 aromatic heterocycles. The number of aromatic carboxylic acids is 1. The zero-order valence-corrected chi connectivity index (χ0v) is 10.8. The van der Waals surface area contributed by atoms with Crippen LogP contribution in [-0.4, -0.2) is 15.4 Å². The summed E-state index contributed by atoms with van der Waals surface area (Å²) >= 11 is 1.03. The van der Waals surface area contributed by atoms with E-state index in [9.17, 15) is 14.3 Å². The van der Waals surface area contributed by atoms with Gasteiger partial charge in [-0.25, -0.2) is 9.18 Å². The number of hydrogen-bond donors (Lipinski definition) is 1. The summed E-state index contributed by atoms with van der Waals surface area (Å²) in [5.74, 6) is -1.47. The molecular weight excluding hydrogens is 253 g/mol. The minimum absolute atomic E-state index is 0.116. The van der Waals surface area contributed by atoms with E-state index in [1.807, 2.05) is 6.92 Å². The van der Waals surface area contributed by atoms with Gasteiger partial charge < -0.3 is 5.11 Å². The van der Waals surface area contributed by atoms with Crippen LogP contribution < -0.4 is 0 Å². The molecule has 0 unspecified atom stereocenters. The number of carboxylic acid groups (broad SMARTS) is 1. The number of rotatable bonds is 3. The van der Waals surface area contributed by atoms with E-state index >= 15 is 0 Å². The topological polar surface area (TPSA) is 50.2 Å². The summed E-state index contributed by atoms with van der Waals surface area (Å²) in [6.07, 6.45) is 0.519. The Morgan fingerprint density at radius 3 is 2.78 bits per heavy atom. The Balaban J connectivity index is 2.64. The predicted octanol–water partition coefficient (Wildman–Crippen LogP) is 3.52. The van der Waals surface area contributed by atoms with Gasteiger partial charge in [-0.15, -0.1) is 0 Å². The molecule has 0 radical (unpaired) electrons. The smallest absolute Gasteiger partial charge is 0.339 e. The summed E-state index contributed by atoms with van der Waals surface area (Å²) < 4.78 is 18.0. The van der Waals surface area contributed by atoms with Gasteiger partial charge in [0.15, 0.2) is 0 Å². The highest BCUT2D eigenvalue weighted by atomic mass is 32.1. The third-order valence-electron chi connectivity index (χ3n) is 2.68. The van der Waals surface area contributed by atoms with Crippen LogP contribution in [0.4, 0.5) is 4.39 Å². The molecule has 0 aliphatic carbocycles. The van der Waals surface area contributed by atoms with E-state index in [0.29, 0.717) is 22.6 Å². The van der Waals surface area contributed by atoms with Crippen LogP contribution in [0.1, 0.15) is 28.5 Å². The number of hydrogen-bond acceptors (Lipinski definition) is 3. The molecule has 18 heavy (non-hydrogen) atoms. The van der Waals surface area contributed by atoms with Crippen molar-refractivity contribution in [2.45, 2.75) is 20.3 Å². The summed E-state index contributed by atoms with van der Waals surface area (Å²) in [6.45, 7) is 3.62. The normalized spacial score (nSPS) is 10.6. The fourth-order valence-corrected chi connectivity index (χ4v) is 2.76. The molecule has 1 aromatic carbocycles. The van der Waals surface area contributed by atoms with Crippen molar-refractivity contribution >= 4 is 17.5 Å². The number of benzene rings is 1. The summed E-state index contributed by atoms with van der Waals surface area (Å²) in [7, 11) is 0. The molecule has 0 bridgehead atoms. The summed E-state index contributed by atoms with van der Waals surface area (Å²) in [4.78, 5) is 11.6. The Morgan fingerprint density at radius 1 is 1.50 bits per heavy atom. The molecule has 2 rings (SSSR count). The highest BCUT2D eigenvalue weighted by Crippen LogP contribution is 2.33. The zero-order chi connectivity index (χ0) is 13.3. The average molecular weight is 265 g/mol. The lowest BCUT2D eigenvalue weighted by atomic mass is 10.0. The first-order valence-corrected chi connectivity index (χ1v) is 6.30. The van der Waals surface area contributed by atoms with Crippen molar-refractivity contribution in [3.05, 3.63) is 40.8 Å². The molecule has 1 heterocycles. The van der Waals surface area contributed by atoms with Gasteiger partial charge in [-0.3, -0.25) is 0 Å². The molecule has 0 fully saturated rings. The van der Waals surface area contributed by atoms with Crippen molar-refractivity contribution in [2.75, 3.05) is 0 Å². The molecule has 0 aliphatic heterocycles. The number of carboxylic acids is 1. The lowest BCUT2D eigenvalue weighted by Crippen LogP contribution is -2.01. The Bertz CT molecular complexity index is 607. The lowest BCUT2D eigenvalue weighted by molar-refractivity contribution is 0.0697. The van der Waals surface area contributed by atoms with Crippen LogP contribution in [0.15, 0.2) is 18.2 Å². The van der Waals surface area contributed by atoms with Gasteiger partial charge in [0.2, 0.25) is 0 Å². The third-order valence-corrected chi connectivity index (χ3v) is 3.60. The molecular formula is C13H12FNO2S. The average Bonchev–Trinajstić information content (AvgIpc) is 2.72. The van der Waals surface area contributed by atoms with Gasteiger partial charge in [0.05, 0.1) is 10.6 Å². The first-order valence-electron chi connectivity index (χ1n) is 5.53. The Labute approximate surface area is 108 Å². The van der Waals surface area contributed by atoms with Gasteiger partial charge in [0.1, 0.15) is 11.4 Å². The fraction of sp³-hybridized carbons (Fsp3) is 0.231. The summed E-state index contributed by atoms with van der Waals surface area (Å²) in [6, 6.07) is 4.76. The van der Waals surface area contributed by atoms with Crippen molar-refractivity contribution in [2.24, 2.45) is 0 Å². The van der Waals surface area contributed by atoms with Gasteiger partial charge in [0.25, 0.3) is 0 Å². The largest absolute Gasteiger partial charge is 0.478 e.